The number of carbonyl (C=O) groups excluding carboxylic acids is 1. The fourth-order valence-electron chi connectivity index (χ4n) is 1.77. The first kappa shape index (κ1) is 15.9. The minimum Gasteiger partial charge on any atom is -0.325 e. The molecule has 0 spiro atoms. The minimum atomic E-state index is -0.458. The third kappa shape index (κ3) is 4.48. The Bertz CT molecular complexity index is 675. The molecule has 0 aliphatic carbocycles. The second kappa shape index (κ2) is 6.96. The van der Waals surface area contributed by atoms with E-state index in [4.69, 9.17) is 11.6 Å². The number of nitrogens with one attached hydrogen (secondary N) is 1. The van der Waals surface area contributed by atoms with Crippen LogP contribution in [0.15, 0.2) is 41.3 Å². The van der Waals surface area contributed by atoms with Gasteiger partial charge in [-0.2, -0.15) is 0 Å². The maximum absolute atomic E-state index is 13.0. The normalized spacial score (nSPS) is 10.5. The summed E-state index contributed by atoms with van der Waals surface area (Å²) >= 11 is 7.03. The van der Waals surface area contributed by atoms with Gasteiger partial charge in [0.2, 0.25) is 5.91 Å². The van der Waals surface area contributed by atoms with Gasteiger partial charge in [0, 0.05) is 10.6 Å². The van der Waals surface area contributed by atoms with Crippen molar-refractivity contribution >= 4 is 35.0 Å². The van der Waals surface area contributed by atoms with Crippen LogP contribution in [0.1, 0.15) is 11.1 Å². The Balaban J connectivity index is 1.95. The van der Waals surface area contributed by atoms with Crippen molar-refractivity contribution in [3.05, 3.63) is 58.4 Å². The third-order valence-electron chi connectivity index (χ3n) is 2.93. The van der Waals surface area contributed by atoms with E-state index < -0.39 is 5.82 Å². The Morgan fingerprint density at radius 1 is 1.24 bits per heavy atom. The van der Waals surface area contributed by atoms with E-state index in [2.05, 4.69) is 5.32 Å². The molecule has 0 atom stereocenters. The highest BCUT2D eigenvalue weighted by atomic mass is 35.5. The lowest BCUT2D eigenvalue weighted by molar-refractivity contribution is -0.113. The number of aryl methyl sites for hydroxylation is 2. The number of amides is 1. The molecule has 0 radical (unpaired) electrons. The van der Waals surface area contributed by atoms with Gasteiger partial charge < -0.3 is 5.32 Å². The quantitative estimate of drug-likeness (QED) is 0.817. The first-order valence-corrected chi connectivity index (χ1v) is 7.77. The van der Waals surface area contributed by atoms with Crippen molar-refractivity contribution in [3.63, 3.8) is 0 Å². The number of carbonyl (C=O) groups is 1. The zero-order valence-electron chi connectivity index (χ0n) is 11.7. The Labute approximate surface area is 132 Å². The van der Waals surface area contributed by atoms with E-state index in [0.717, 1.165) is 21.7 Å². The fourth-order valence-corrected chi connectivity index (χ4v) is 2.75. The molecule has 0 bridgehead atoms. The van der Waals surface area contributed by atoms with Crippen molar-refractivity contribution in [1.82, 2.24) is 0 Å². The van der Waals surface area contributed by atoms with E-state index in [1.165, 1.54) is 23.9 Å². The zero-order valence-corrected chi connectivity index (χ0v) is 13.3. The number of anilines is 1. The van der Waals surface area contributed by atoms with Crippen molar-refractivity contribution in [3.8, 4) is 0 Å². The van der Waals surface area contributed by atoms with Crippen LogP contribution in [0, 0.1) is 19.7 Å². The fraction of sp³-hybridized carbons (Fsp3) is 0.188. The molecule has 0 saturated carbocycles. The van der Waals surface area contributed by atoms with Crippen LogP contribution < -0.4 is 5.32 Å². The largest absolute Gasteiger partial charge is 0.325 e. The lowest BCUT2D eigenvalue weighted by Gasteiger charge is -2.09. The van der Waals surface area contributed by atoms with Gasteiger partial charge in [-0.15, -0.1) is 11.8 Å². The predicted molar refractivity (Wildman–Crippen MR) is 86.7 cm³/mol. The molecule has 0 fully saturated rings. The number of thioether (sulfide) groups is 1. The molecule has 2 rings (SSSR count). The molecule has 2 nitrogen and oxygen atoms in total. The highest BCUT2D eigenvalue weighted by molar-refractivity contribution is 8.00. The molecular formula is C16H15ClFNOS. The Kier molecular flexibility index (Phi) is 5.26. The molecule has 2 aromatic rings. The summed E-state index contributed by atoms with van der Waals surface area (Å²) in [6.45, 7) is 3.92. The van der Waals surface area contributed by atoms with Gasteiger partial charge in [0.15, 0.2) is 0 Å². The maximum atomic E-state index is 13.0. The average Bonchev–Trinajstić information content (AvgIpc) is 2.44. The zero-order chi connectivity index (χ0) is 15.4. The average molecular weight is 324 g/mol. The second-order valence-corrected chi connectivity index (χ2v) is 6.19. The van der Waals surface area contributed by atoms with Crippen LogP contribution in [0.3, 0.4) is 0 Å². The van der Waals surface area contributed by atoms with Crippen LogP contribution in [-0.4, -0.2) is 11.7 Å². The molecule has 0 unspecified atom stereocenters. The summed E-state index contributed by atoms with van der Waals surface area (Å²) in [7, 11) is 0. The molecule has 0 saturated heterocycles. The summed E-state index contributed by atoms with van der Waals surface area (Å²) in [4.78, 5) is 12.7. The third-order valence-corrected chi connectivity index (χ3v) is 4.21. The molecule has 0 aliphatic rings. The molecule has 1 amide bonds. The van der Waals surface area contributed by atoms with Crippen molar-refractivity contribution < 1.29 is 9.18 Å². The van der Waals surface area contributed by atoms with Crippen LogP contribution >= 0.6 is 23.4 Å². The number of hydrogen-bond donors (Lipinski definition) is 1. The van der Waals surface area contributed by atoms with Gasteiger partial charge in [-0.3, -0.25) is 4.79 Å². The van der Waals surface area contributed by atoms with Gasteiger partial charge in [-0.05, 0) is 49.2 Å². The van der Waals surface area contributed by atoms with E-state index in [1.54, 1.807) is 6.07 Å². The molecule has 0 aromatic heterocycles. The summed E-state index contributed by atoms with van der Waals surface area (Å²) < 4.78 is 13.0. The van der Waals surface area contributed by atoms with E-state index in [9.17, 15) is 9.18 Å². The number of halogens is 2. The van der Waals surface area contributed by atoms with Gasteiger partial charge in [0.25, 0.3) is 0 Å². The minimum absolute atomic E-state index is 0.0648. The lowest BCUT2D eigenvalue weighted by atomic mass is 10.1. The molecule has 0 aliphatic heterocycles. The van der Waals surface area contributed by atoms with E-state index in [0.29, 0.717) is 0 Å². The van der Waals surface area contributed by atoms with Crippen molar-refractivity contribution in [2.45, 2.75) is 18.7 Å². The van der Waals surface area contributed by atoms with Gasteiger partial charge in [0.1, 0.15) is 5.82 Å². The molecule has 21 heavy (non-hydrogen) atoms. The van der Waals surface area contributed by atoms with E-state index in [1.807, 2.05) is 32.0 Å². The second-order valence-electron chi connectivity index (χ2n) is 4.73. The molecule has 0 heterocycles. The van der Waals surface area contributed by atoms with E-state index >= 15 is 0 Å². The molecular weight excluding hydrogens is 309 g/mol. The van der Waals surface area contributed by atoms with Crippen LogP contribution in [-0.2, 0) is 4.79 Å². The summed E-state index contributed by atoms with van der Waals surface area (Å²) in [6, 6.07) is 10.3. The summed E-state index contributed by atoms with van der Waals surface area (Å²) in [5.41, 5.74) is 2.93. The lowest BCUT2D eigenvalue weighted by Crippen LogP contribution is -2.14. The Morgan fingerprint density at radius 3 is 2.71 bits per heavy atom. The van der Waals surface area contributed by atoms with Gasteiger partial charge >= 0.3 is 0 Å². The maximum Gasteiger partial charge on any atom is 0.234 e. The topological polar surface area (TPSA) is 29.1 Å². The van der Waals surface area contributed by atoms with Crippen molar-refractivity contribution in [2.24, 2.45) is 0 Å². The molecule has 110 valence electrons. The number of rotatable bonds is 4. The predicted octanol–water partition coefficient (Wildman–Crippen LogP) is 4.83. The highest BCUT2D eigenvalue weighted by Gasteiger charge is 2.07. The smallest absolute Gasteiger partial charge is 0.234 e. The highest BCUT2D eigenvalue weighted by Crippen LogP contribution is 2.24. The molecule has 2 aromatic carbocycles. The molecule has 5 heteroatoms. The van der Waals surface area contributed by atoms with Gasteiger partial charge in [-0.1, -0.05) is 23.7 Å². The van der Waals surface area contributed by atoms with Crippen LogP contribution in [0.4, 0.5) is 10.1 Å². The summed E-state index contributed by atoms with van der Waals surface area (Å²) in [6.07, 6.45) is 0. The van der Waals surface area contributed by atoms with Crippen molar-refractivity contribution in [1.29, 1.82) is 0 Å². The summed E-state index contributed by atoms with van der Waals surface area (Å²) in [5.74, 6) is -0.315. The summed E-state index contributed by atoms with van der Waals surface area (Å²) in [5, 5.41) is 2.95. The Hall–Kier alpha value is -1.52. The van der Waals surface area contributed by atoms with Gasteiger partial charge in [-0.25, -0.2) is 4.39 Å². The first-order valence-electron chi connectivity index (χ1n) is 6.40. The standard InChI is InChI=1S/C16H15ClFNOS/c1-10-3-4-11(2)15(7-10)19-16(20)9-21-12-5-6-14(18)13(17)8-12/h3-8H,9H2,1-2H3,(H,19,20). The van der Waals surface area contributed by atoms with Crippen LogP contribution in [0.5, 0.6) is 0 Å². The first-order chi connectivity index (χ1) is 9.95. The van der Waals surface area contributed by atoms with Crippen LogP contribution in [0.25, 0.3) is 0 Å². The SMILES string of the molecule is Cc1ccc(C)c(NC(=O)CSc2ccc(F)c(Cl)c2)c1. The van der Waals surface area contributed by atoms with E-state index in [-0.39, 0.29) is 16.7 Å². The number of benzene rings is 2. The Morgan fingerprint density at radius 2 is 2.00 bits per heavy atom. The van der Waals surface area contributed by atoms with Crippen molar-refractivity contribution in [2.75, 3.05) is 11.1 Å². The van der Waals surface area contributed by atoms with Crippen LogP contribution in [0.2, 0.25) is 5.02 Å². The van der Waals surface area contributed by atoms with Gasteiger partial charge in [0.05, 0.1) is 10.8 Å². The number of hydrogen-bond acceptors (Lipinski definition) is 2. The molecule has 1 N–H and O–H groups in total. The monoisotopic (exact) mass is 323 g/mol.